The molecule has 0 aromatic carbocycles. The maximum Gasteiger partial charge on any atom is 0.321 e. The Morgan fingerprint density at radius 2 is 2.10 bits per heavy atom. The Hall–Kier alpha value is -1.10. The minimum Gasteiger partial charge on any atom is -0.381 e. The van der Waals surface area contributed by atoms with Gasteiger partial charge in [0.05, 0.1) is 6.04 Å². The number of urea groups is 1. The molecule has 3 N–H and O–H groups in total. The summed E-state index contributed by atoms with van der Waals surface area (Å²) in [6, 6.07) is -1.05. The topological polar surface area (TPSA) is 78.4 Å². The molecule has 1 rings (SSSR count). The molecule has 10 heavy (non-hydrogen) atoms. The highest BCUT2D eigenvalue weighted by atomic mass is 16.3. The fraction of sp³-hybridized carbons (Fsp3) is 0.600. The summed E-state index contributed by atoms with van der Waals surface area (Å²) < 4.78 is 0. The molecule has 1 heterocycles. The van der Waals surface area contributed by atoms with E-state index in [0.29, 0.717) is 0 Å². The summed E-state index contributed by atoms with van der Waals surface area (Å²) in [5.74, 6) is -0.642. The van der Waals surface area contributed by atoms with Crippen molar-refractivity contribution in [3.63, 3.8) is 0 Å². The maximum atomic E-state index is 10.6. The summed E-state index contributed by atoms with van der Waals surface area (Å²) in [5, 5.41) is 13.2. The van der Waals surface area contributed by atoms with Crippen LogP contribution in [0.3, 0.4) is 0 Å². The molecular weight excluding hydrogens is 136 g/mol. The van der Waals surface area contributed by atoms with Gasteiger partial charge in [-0.1, -0.05) is 0 Å². The minimum atomic E-state index is -1.13. The predicted octanol–water partition coefficient (Wildman–Crippen LogP) is -1.42. The second-order valence-corrected chi connectivity index (χ2v) is 2.20. The number of aliphatic hydroxyl groups excluding tert-OH is 1. The van der Waals surface area contributed by atoms with Crippen molar-refractivity contribution in [1.29, 1.82) is 0 Å². The van der Waals surface area contributed by atoms with Crippen LogP contribution >= 0.6 is 0 Å². The van der Waals surface area contributed by atoms with E-state index in [2.05, 4.69) is 5.32 Å². The number of hydrogen-bond donors (Lipinski definition) is 3. The molecule has 5 heteroatoms. The van der Waals surface area contributed by atoms with Crippen molar-refractivity contribution in [3.05, 3.63) is 0 Å². The lowest BCUT2D eigenvalue weighted by Gasteiger charge is -2.24. The van der Waals surface area contributed by atoms with Crippen molar-refractivity contribution in [1.82, 2.24) is 10.6 Å². The zero-order chi connectivity index (χ0) is 7.72. The van der Waals surface area contributed by atoms with Crippen LogP contribution in [-0.4, -0.2) is 29.2 Å². The molecule has 0 saturated carbocycles. The van der Waals surface area contributed by atoms with Crippen LogP contribution in [0.15, 0.2) is 0 Å². The molecule has 1 saturated heterocycles. The molecule has 56 valence electrons. The van der Waals surface area contributed by atoms with Gasteiger partial charge in [-0.2, -0.15) is 0 Å². The van der Waals surface area contributed by atoms with Gasteiger partial charge in [-0.25, -0.2) is 4.79 Å². The van der Waals surface area contributed by atoms with Gasteiger partial charge >= 0.3 is 6.03 Å². The van der Waals surface area contributed by atoms with E-state index in [1.54, 1.807) is 6.92 Å². The fourth-order valence-electron chi connectivity index (χ4n) is 0.735. The number of carbonyl (C=O) groups is 2. The fourth-order valence-corrected chi connectivity index (χ4v) is 0.735. The van der Waals surface area contributed by atoms with E-state index in [0.717, 1.165) is 0 Å². The Bertz CT molecular complexity index is 180. The lowest BCUT2D eigenvalue weighted by molar-refractivity contribution is -0.130. The van der Waals surface area contributed by atoms with Gasteiger partial charge in [0, 0.05) is 0 Å². The number of nitrogens with one attached hydrogen (secondary N) is 2. The summed E-state index contributed by atoms with van der Waals surface area (Å²) in [7, 11) is 0. The van der Waals surface area contributed by atoms with Crippen molar-refractivity contribution < 1.29 is 14.7 Å². The second kappa shape index (κ2) is 2.26. The van der Waals surface area contributed by atoms with Crippen LogP contribution in [-0.2, 0) is 4.79 Å². The molecule has 0 bridgehead atoms. The van der Waals surface area contributed by atoms with Gasteiger partial charge in [0.2, 0.25) is 0 Å². The molecule has 2 unspecified atom stereocenters. The van der Waals surface area contributed by atoms with E-state index >= 15 is 0 Å². The number of rotatable bonds is 0. The zero-order valence-electron chi connectivity index (χ0n) is 5.42. The molecular formula is C5H8N2O3. The van der Waals surface area contributed by atoms with Gasteiger partial charge in [-0.05, 0) is 6.92 Å². The van der Waals surface area contributed by atoms with Gasteiger partial charge in [0.1, 0.15) is 0 Å². The lowest BCUT2D eigenvalue weighted by atomic mass is 10.1. The Morgan fingerprint density at radius 3 is 2.60 bits per heavy atom. The highest BCUT2D eigenvalue weighted by Gasteiger charge is 2.29. The summed E-state index contributed by atoms with van der Waals surface area (Å²) in [4.78, 5) is 21.1. The molecule has 5 nitrogen and oxygen atoms in total. The number of imide groups is 1. The van der Waals surface area contributed by atoms with E-state index in [4.69, 9.17) is 5.11 Å². The minimum absolute atomic E-state index is 0.499. The Balaban J connectivity index is 2.66. The Morgan fingerprint density at radius 1 is 1.50 bits per heavy atom. The zero-order valence-corrected chi connectivity index (χ0v) is 5.42. The molecule has 1 aliphatic heterocycles. The summed E-state index contributed by atoms with van der Waals surface area (Å²) in [6.45, 7) is 1.56. The highest BCUT2D eigenvalue weighted by molar-refractivity contribution is 5.99. The van der Waals surface area contributed by atoms with Crippen LogP contribution in [0.25, 0.3) is 0 Å². The Kier molecular flexibility index (Phi) is 1.58. The first-order valence-electron chi connectivity index (χ1n) is 2.90. The van der Waals surface area contributed by atoms with Crippen LogP contribution in [0.1, 0.15) is 6.92 Å². The van der Waals surface area contributed by atoms with Gasteiger partial charge in [0.25, 0.3) is 5.91 Å². The molecule has 0 aromatic heterocycles. The molecule has 0 spiro atoms. The number of hydrogen-bond acceptors (Lipinski definition) is 3. The third-order valence-electron chi connectivity index (χ3n) is 1.34. The van der Waals surface area contributed by atoms with Crippen LogP contribution in [0.2, 0.25) is 0 Å². The quantitative estimate of drug-likeness (QED) is 0.390. The van der Waals surface area contributed by atoms with Crippen LogP contribution in [0.4, 0.5) is 4.79 Å². The first kappa shape index (κ1) is 7.01. The monoisotopic (exact) mass is 144 g/mol. The Labute approximate surface area is 57.4 Å². The average molecular weight is 144 g/mol. The molecule has 0 aliphatic carbocycles. The molecule has 3 amide bonds. The van der Waals surface area contributed by atoms with E-state index < -0.39 is 24.1 Å². The van der Waals surface area contributed by atoms with Crippen molar-refractivity contribution in [2.24, 2.45) is 0 Å². The smallest absolute Gasteiger partial charge is 0.321 e. The molecule has 0 aromatic rings. The number of carbonyl (C=O) groups excluding carboxylic acids is 2. The van der Waals surface area contributed by atoms with Gasteiger partial charge in [-0.3, -0.25) is 10.1 Å². The first-order valence-corrected chi connectivity index (χ1v) is 2.90. The highest BCUT2D eigenvalue weighted by Crippen LogP contribution is 1.96. The predicted molar refractivity (Wildman–Crippen MR) is 32.1 cm³/mol. The second-order valence-electron chi connectivity index (χ2n) is 2.20. The van der Waals surface area contributed by atoms with Crippen molar-refractivity contribution in [3.8, 4) is 0 Å². The van der Waals surface area contributed by atoms with Crippen molar-refractivity contribution in [2.75, 3.05) is 0 Å². The van der Waals surface area contributed by atoms with Crippen molar-refractivity contribution >= 4 is 11.9 Å². The normalized spacial score (nSPS) is 33.0. The number of amides is 3. The van der Waals surface area contributed by atoms with Crippen LogP contribution < -0.4 is 10.6 Å². The first-order chi connectivity index (χ1) is 4.61. The van der Waals surface area contributed by atoms with E-state index in [1.807, 2.05) is 5.32 Å². The summed E-state index contributed by atoms with van der Waals surface area (Å²) >= 11 is 0. The summed E-state index contributed by atoms with van der Waals surface area (Å²) in [6.07, 6.45) is -1.13. The lowest BCUT2D eigenvalue weighted by Crippen LogP contribution is -2.59. The third kappa shape index (κ3) is 1.08. The van der Waals surface area contributed by atoms with Crippen LogP contribution in [0, 0.1) is 0 Å². The molecule has 2 atom stereocenters. The maximum absolute atomic E-state index is 10.6. The van der Waals surface area contributed by atoms with Crippen molar-refractivity contribution in [2.45, 2.75) is 19.1 Å². The van der Waals surface area contributed by atoms with Gasteiger partial charge < -0.3 is 10.4 Å². The largest absolute Gasteiger partial charge is 0.381 e. The SMILES string of the molecule is CC1NC(=O)NC(=O)C1O. The van der Waals surface area contributed by atoms with Gasteiger partial charge in [-0.15, -0.1) is 0 Å². The van der Waals surface area contributed by atoms with E-state index in [9.17, 15) is 9.59 Å². The molecule has 1 aliphatic rings. The standard InChI is InChI=1S/C5H8N2O3/c1-2-3(8)4(9)7-5(10)6-2/h2-3,8H,1H3,(H2,6,7,9,10). The van der Waals surface area contributed by atoms with E-state index in [-0.39, 0.29) is 0 Å². The third-order valence-corrected chi connectivity index (χ3v) is 1.34. The summed E-state index contributed by atoms with van der Waals surface area (Å²) in [5.41, 5.74) is 0. The number of aliphatic hydroxyl groups is 1. The molecule has 0 radical (unpaired) electrons. The van der Waals surface area contributed by atoms with Crippen LogP contribution in [0.5, 0.6) is 0 Å². The van der Waals surface area contributed by atoms with E-state index in [1.165, 1.54) is 0 Å². The average Bonchev–Trinajstić information content (AvgIpc) is 1.82. The molecule has 1 fully saturated rings. The van der Waals surface area contributed by atoms with Gasteiger partial charge in [0.15, 0.2) is 6.10 Å².